The van der Waals surface area contributed by atoms with Crippen molar-refractivity contribution >= 4 is 5.91 Å². The molecule has 112 valence electrons. The number of nitriles is 1. The summed E-state index contributed by atoms with van der Waals surface area (Å²) in [4.78, 5) is 11.6. The molecule has 2 rings (SSSR count). The summed E-state index contributed by atoms with van der Waals surface area (Å²) in [6.45, 7) is 0.385. The van der Waals surface area contributed by atoms with E-state index in [0.29, 0.717) is 18.5 Å². The van der Waals surface area contributed by atoms with Crippen LogP contribution in [0, 0.1) is 17.2 Å². The molecule has 2 atom stereocenters. The summed E-state index contributed by atoms with van der Waals surface area (Å²) in [5.41, 5.74) is 1.37. The molecular formula is C17H23N3O. The Balaban J connectivity index is 1.84. The lowest BCUT2D eigenvalue weighted by molar-refractivity contribution is -0.120. The monoisotopic (exact) mass is 285 g/mol. The van der Waals surface area contributed by atoms with Crippen LogP contribution in [0.2, 0.25) is 0 Å². The standard InChI is InChI=1S/C17H23N3O/c18-10-11-19-17(21)13-20-16-9-5-4-8-15(16)12-14-6-2-1-3-7-14/h1-3,6-7,15-16,20H,4-5,8-9,11-13H2,(H,19,21)/t15-,16+/m0/s1. The van der Waals surface area contributed by atoms with Gasteiger partial charge in [-0.1, -0.05) is 43.2 Å². The van der Waals surface area contributed by atoms with Crippen LogP contribution in [0.1, 0.15) is 31.2 Å². The van der Waals surface area contributed by atoms with Crippen LogP contribution in [0.5, 0.6) is 0 Å². The van der Waals surface area contributed by atoms with Gasteiger partial charge < -0.3 is 10.6 Å². The molecule has 4 nitrogen and oxygen atoms in total. The van der Waals surface area contributed by atoms with Crippen LogP contribution in [-0.4, -0.2) is 25.0 Å². The first-order valence-corrected chi connectivity index (χ1v) is 7.70. The minimum absolute atomic E-state index is 0.0820. The lowest BCUT2D eigenvalue weighted by atomic mass is 9.80. The Hall–Kier alpha value is -1.86. The average Bonchev–Trinajstić information content (AvgIpc) is 2.53. The highest BCUT2D eigenvalue weighted by atomic mass is 16.1. The van der Waals surface area contributed by atoms with E-state index in [9.17, 15) is 4.79 Å². The molecular weight excluding hydrogens is 262 g/mol. The van der Waals surface area contributed by atoms with Crippen LogP contribution in [-0.2, 0) is 11.2 Å². The normalized spacial score (nSPS) is 21.5. The number of amides is 1. The largest absolute Gasteiger partial charge is 0.342 e. The van der Waals surface area contributed by atoms with Gasteiger partial charge in [0.2, 0.25) is 5.91 Å². The lowest BCUT2D eigenvalue weighted by Crippen LogP contribution is -2.44. The number of carbonyl (C=O) groups excluding carboxylic acids is 1. The summed E-state index contributed by atoms with van der Waals surface area (Å²) in [5, 5.41) is 14.4. The molecule has 4 heteroatoms. The molecule has 0 spiro atoms. The number of hydrogen-bond donors (Lipinski definition) is 2. The molecule has 0 unspecified atom stereocenters. The molecule has 0 aliphatic heterocycles. The fraction of sp³-hybridized carbons (Fsp3) is 0.529. The van der Waals surface area contributed by atoms with Crippen LogP contribution in [0.15, 0.2) is 30.3 Å². The summed E-state index contributed by atoms with van der Waals surface area (Å²) in [6, 6.07) is 12.9. The molecule has 1 aliphatic carbocycles. The number of rotatable bonds is 6. The van der Waals surface area contributed by atoms with Gasteiger partial charge >= 0.3 is 0 Å². The fourth-order valence-corrected chi connectivity index (χ4v) is 3.06. The predicted octanol–water partition coefficient (Wildman–Crippen LogP) is 2.02. The topological polar surface area (TPSA) is 64.9 Å². The molecule has 1 saturated carbocycles. The van der Waals surface area contributed by atoms with Crippen LogP contribution in [0.3, 0.4) is 0 Å². The maximum atomic E-state index is 11.6. The van der Waals surface area contributed by atoms with E-state index in [2.05, 4.69) is 34.9 Å². The molecule has 0 radical (unpaired) electrons. The third kappa shape index (κ3) is 5.20. The van der Waals surface area contributed by atoms with Crippen LogP contribution >= 0.6 is 0 Å². The van der Waals surface area contributed by atoms with E-state index < -0.39 is 0 Å². The van der Waals surface area contributed by atoms with Crippen molar-refractivity contribution < 1.29 is 4.79 Å². The molecule has 0 bridgehead atoms. The van der Waals surface area contributed by atoms with Gasteiger partial charge in [0.1, 0.15) is 6.54 Å². The van der Waals surface area contributed by atoms with Crippen molar-refractivity contribution in [2.24, 2.45) is 5.92 Å². The van der Waals surface area contributed by atoms with Gasteiger partial charge in [0.25, 0.3) is 0 Å². The zero-order chi connectivity index (χ0) is 14.9. The van der Waals surface area contributed by atoms with Crippen molar-refractivity contribution in [3.8, 4) is 6.07 Å². The molecule has 1 fully saturated rings. The molecule has 1 aromatic carbocycles. The molecule has 1 aliphatic rings. The second kappa shape index (κ2) is 8.43. The summed E-state index contributed by atoms with van der Waals surface area (Å²) < 4.78 is 0. The Morgan fingerprint density at radius 1 is 1.24 bits per heavy atom. The van der Waals surface area contributed by atoms with E-state index in [4.69, 9.17) is 5.26 Å². The van der Waals surface area contributed by atoms with Gasteiger partial charge in [-0.15, -0.1) is 0 Å². The SMILES string of the molecule is N#CCNC(=O)CN[C@@H]1CCCC[C@H]1Cc1ccccc1. The maximum Gasteiger partial charge on any atom is 0.234 e. The van der Waals surface area contributed by atoms with Crippen molar-refractivity contribution in [1.82, 2.24) is 10.6 Å². The van der Waals surface area contributed by atoms with Gasteiger partial charge in [-0.25, -0.2) is 0 Å². The Bertz CT molecular complexity index is 481. The van der Waals surface area contributed by atoms with Crippen LogP contribution in [0.25, 0.3) is 0 Å². The van der Waals surface area contributed by atoms with Gasteiger partial charge in [0.15, 0.2) is 0 Å². The van der Waals surface area contributed by atoms with E-state index in [-0.39, 0.29) is 12.5 Å². The van der Waals surface area contributed by atoms with Crippen molar-refractivity contribution in [3.05, 3.63) is 35.9 Å². The molecule has 0 saturated heterocycles. The molecule has 1 amide bonds. The van der Waals surface area contributed by atoms with Crippen molar-refractivity contribution in [2.75, 3.05) is 13.1 Å². The number of nitrogens with zero attached hydrogens (tertiary/aromatic N) is 1. The molecule has 2 N–H and O–H groups in total. The van der Waals surface area contributed by atoms with E-state index in [1.54, 1.807) is 0 Å². The highest BCUT2D eigenvalue weighted by Crippen LogP contribution is 2.27. The third-order valence-corrected chi connectivity index (χ3v) is 4.14. The van der Waals surface area contributed by atoms with E-state index >= 15 is 0 Å². The first-order chi connectivity index (χ1) is 10.3. The minimum atomic E-state index is -0.0967. The molecule has 0 heterocycles. The van der Waals surface area contributed by atoms with Gasteiger partial charge in [0.05, 0.1) is 12.6 Å². The maximum absolute atomic E-state index is 11.6. The zero-order valence-electron chi connectivity index (χ0n) is 12.3. The smallest absolute Gasteiger partial charge is 0.234 e. The number of nitrogens with one attached hydrogen (secondary N) is 2. The predicted molar refractivity (Wildman–Crippen MR) is 82.5 cm³/mol. The Morgan fingerprint density at radius 3 is 2.76 bits per heavy atom. The number of hydrogen-bond acceptors (Lipinski definition) is 3. The van der Waals surface area contributed by atoms with E-state index in [1.807, 2.05) is 12.1 Å². The molecule has 0 aromatic heterocycles. The second-order valence-corrected chi connectivity index (χ2v) is 5.66. The molecule has 1 aromatic rings. The Kier molecular flexibility index (Phi) is 6.23. The van der Waals surface area contributed by atoms with Crippen LogP contribution in [0.4, 0.5) is 0 Å². The summed E-state index contributed by atoms with van der Waals surface area (Å²) in [6.07, 6.45) is 5.91. The summed E-state index contributed by atoms with van der Waals surface area (Å²) in [7, 11) is 0. The van der Waals surface area contributed by atoms with Crippen molar-refractivity contribution in [3.63, 3.8) is 0 Å². The van der Waals surface area contributed by atoms with Gasteiger partial charge in [0, 0.05) is 6.04 Å². The lowest BCUT2D eigenvalue weighted by Gasteiger charge is -2.32. The van der Waals surface area contributed by atoms with Gasteiger partial charge in [-0.3, -0.25) is 4.79 Å². The Labute approximate surface area is 126 Å². The number of benzene rings is 1. The van der Waals surface area contributed by atoms with Gasteiger partial charge in [-0.05, 0) is 30.7 Å². The number of carbonyl (C=O) groups is 1. The average molecular weight is 285 g/mol. The second-order valence-electron chi connectivity index (χ2n) is 5.66. The Morgan fingerprint density at radius 2 is 2.00 bits per heavy atom. The highest BCUT2D eigenvalue weighted by Gasteiger charge is 2.25. The van der Waals surface area contributed by atoms with E-state index in [0.717, 1.165) is 12.8 Å². The quantitative estimate of drug-likeness (QED) is 0.786. The first-order valence-electron chi connectivity index (χ1n) is 7.70. The zero-order valence-corrected chi connectivity index (χ0v) is 12.3. The van der Waals surface area contributed by atoms with Crippen LogP contribution < -0.4 is 10.6 Å². The van der Waals surface area contributed by atoms with E-state index in [1.165, 1.54) is 24.8 Å². The first kappa shape index (κ1) is 15.5. The summed E-state index contributed by atoms with van der Waals surface area (Å²) >= 11 is 0. The molecule has 21 heavy (non-hydrogen) atoms. The summed E-state index contributed by atoms with van der Waals surface area (Å²) in [5.74, 6) is 0.491. The fourth-order valence-electron chi connectivity index (χ4n) is 3.06. The van der Waals surface area contributed by atoms with Crippen molar-refractivity contribution in [2.45, 2.75) is 38.1 Å². The van der Waals surface area contributed by atoms with Gasteiger partial charge in [-0.2, -0.15) is 5.26 Å². The van der Waals surface area contributed by atoms with Crippen molar-refractivity contribution in [1.29, 1.82) is 5.26 Å². The minimum Gasteiger partial charge on any atom is -0.342 e. The third-order valence-electron chi connectivity index (χ3n) is 4.14. The highest BCUT2D eigenvalue weighted by molar-refractivity contribution is 5.78.